The zero-order valence-electron chi connectivity index (χ0n) is 13.0. The van der Waals surface area contributed by atoms with Gasteiger partial charge in [-0.15, -0.1) is 0 Å². The van der Waals surface area contributed by atoms with E-state index in [1.807, 2.05) is 0 Å². The van der Waals surface area contributed by atoms with Gasteiger partial charge in [0.05, 0.1) is 0 Å². The predicted molar refractivity (Wildman–Crippen MR) is 88.3 cm³/mol. The van der Waals surface area contributed by atoms with Crippen LogP contribution in [0, 0.1) is 0 Å². The van der Waals surface area contributed by atoms with Crippen molar-refractivity contribution in [3.63, 3.8) is 0 Å². The van der Waals surface area contributed by atoms with E-state index in [1.54, 1.807) is 0 Å². The van der Waals surface area contributed by atoms with Gasteiger partial charge in [-0.05, 0) is 34.6 Å². The fourth-order valence-electron chi connectivity index (χ4n) is 2.56. The summed E-state index contributed by atoms with van der Waals surface area (Å²) in [5, 5.41) is 3.61. The molecule has 0 atom stereocenters. The van der Waals surface area contributed by atoms with E-state index in [0.29, 0.717) is 0 Å². The summed E-state index contributed by atoms with van der Waals surface area (Å²) in [5.74, 6) is 0. The van der Waals surface area contributed by atoms with E-state index in [4.69, 9.17) is 0 Å². The molecule has 2 rings (SSSR count). The third kappa shape index (κ3) is 3.41. The molecule has 0 saturated carbocycles. The third-order valence-corrected chi connectivity index (χ3v) is 3.70. The van der Waals surface area contributed by atoms with Gasteiger partial charge in [0.15, 0.2) is 0 Å². The Balaban J connectivity index is 2.20. The molecular formula is C19H25N. The van der Waals surface area contributed by atoms with Crippen LogP contribution in [0.15, 0.2) is 48.5 Å². The monoisotopic (exact) mass is 267 g/mol. The van der Waals surface area contributed by atoms with Crippen LogP contribution >= 0.6 is 0 Å². The Morgan fingerprint density at radius 2 is 1.45 bits per heavy atom. The minimum absolute atomic E-state index is 0.161. The number of aryl methyl sites for hydroxylation is 1. The molecule has 0 heterocycles. The summed E-state index contributed by atoms with van der Waals surface area (Å²) >= 11 is 0. The lowest BCUT2D eigenvalue weighted by Crippen LogP contribution is -2.15. The summed E-state index contributed by atoms with van der Waals surface area (Å²) < 4.78 is 0. The van der Waals surface area contributed by atoms with Crippen molar-refractivity contribution in [1.29, 1.82) is 0 Å². The maximum absolute atomic E-state index is 3.61. The molecule has 1 N–H and O–H groups in total. The van der Waals surface area contributed by atoms with Gasteiger partial charge in [0.1, 0.15) is 0 Å². The highest BCUT2D eigenvalue weighted by Crippen LogP contribution is 2.29. The highest BCUT2D eigenvalue weighted by atomic mass is 14.9. The normalized spacial score (nSPS) is 11.4. The van der Waals surface area contributed by atoms with Gasteiger partial charge in [-0.25, -0.2) is 0 Å². The number of rotatable bonds is 4. The van der Waals surface area contributed by atoms with E-state index in [0.717, 1.165) is 13.0 Å². The Morgan fingerprint density at radius 3 is 2.10 bits per heavy atom. The topological polar surface area (TPSA) is 12.0 Å². The second-order valence-corrected chi connectivity index (χ2v) is 6.27. The van der Waals surface area contributed by atoms with E-state index < -0.39 is 0 Å². The molecule has 106 valence electrons. The molecule has 0 aliphatic carbocycles. The quantitative estimate of drug-likeness (QED) is 0.807. The first-order chi connectivity index (χ1) is 9.52. The zero-order valence-corrected chi connectivity index (χ0v) is 13.0. The molecular weight excluding hydrogens is 242 g/mol. The molecule has 0 unspecified atom stereocenters. The fourth-order valence-corrected chi connectivity index (χ4v) is 2.56. The first-order valence-electron chi connectivity index (χ1n) is 7.42. The minimum Gasteiger partial charge on any atom is -0.381 e. The van der Waals surface area contributed by atoms with Gasteiger partial charge in [0, 0.05) is 12.2 Å². The van der Waals surface area contributed by atoms with Crippen LogP contribution in [-0.2, 0) is 18.4 Å². The van der Waals surface area contributed by atoms with E-state index in [9.17, 15) is 0 Å². The zero-order chi connectivity index (χ0) is 14.6. The first kappa shape index (κ1) is 14.6. The second kappa shape index (κ2) is 6.13. The molecule has 1 nitrogen and oxygen atoms in total. The average molecular weight is 267 g/mol. The Kier molecular flexibility index (Phi) is 4.49. The molecule has 0 saturated heterocycles. The highest BCUT2D eigenvalue weighted by molar-refractivity contribution is 5.54. The molecule has 0 aliphatic heterocycles. The standard InChI is InChI=1S/C19H25N/c1-5-15-10-6-7-11-16(15)14-20-18-13-9-8-12-17(18)19(2,3)4/h6-13,20H,5,14H2,1-4H3. The van der Waals surface area contributed by atoms with E-state index in [2.05, 4.69) is 81.5 Å². The second-order valence-electron chi connectivity index (χ2n) is 6.27. The van der Waals surface area contributed by atoms with Crippen molar-refractivity contribution in [1.82, 2.24) is 0 Å². The van der Waals surface area contributed by atoms with Crippen LogP contribution in [0.1, 0.15) is 44.4 Å². The van der Waals surface area contributed by atoms with Gasteiger partial charge in [-0.1, -0.05) is 70.2 Å². The molecule has 20 heavy (non-hydrogen) atoms. The van der Waals surface area contributed by atoms with Gasteiger partial charge < -0.3 is 5.32 Å². The Bertz CT molecular complexity index is 564. The largest absolute Gasteiger partial charge is 0.381 e. The van der Waals surface area contributed by atoms with Crippen LogP contribution in [0.5, 0.6) is 0 Å². The molecule has 0 radical (unpaired) electrons. The first-order valence-corrected chi connectivity index (χ1v) is 7.42. The summed E-state index contributed by atoms with van der Waals surface area (Å²) in [7, 11) is 0. The predicted octanol–water partition coefficient (Wildman–Crippen LogP) is 5.16. The van der Waals surface area contributed by atoms with Crippen molar-refractivity contribution in [3.05, 3.63) is 65.2 Å². The third-order valence-electron chi connectivity index (χ3n) is 3.70. The van der Waals surface area contributed by atoms with Crippen molar-refractivity contribution < 1.29 is 0 Å². The van der Waals surface area contributed by atoms with Crippen LogP contribution in [-0.4, -0.2) is 0 Å². The SMILES string of the molecule is CCc1ccccc1CNc1ccccc1C(C)(C)C. The molecule has 0 spiro atoms. The Morgan fingerprint density at radius 1 is 0.850 bits per heavy atom. The van der Waals surface area contributed by atoms with Crippen LogP contribution in [0.25, 0.3) is 0 Å². The van der Waals surface area contributed by atoms with Crippen LogP contribution in [0.2, 0.25) is 0 Å². The summed E-state index contributed by atoms with van der Waals surface area (Å²) in [6, 6.07) is 17.3. The van der Waals surface area contributed by atoms with E-state index in [-0.39, 0.29) is 5.41 Å². The van der Waals surface area contributed by atoms with Crippen molar-refractivity contribution in [3.8, 4) is 0 Å². The molecule has 0 fully saturated rings. The smallest absolute Gasteiger partial charge is 0.0403 e. The van der Waals surface area contributed by atoms with E-state index in [1.165, 1.54) is 22.4 Å². The van der Waals surface area contributed by atoms with Crippen LogP contribution in [0.4, 0.5) is 5.69 Å². The summed E-state index contributed by atoms with van der Waals surface area (Å²) in [6.07, 6.45) is 1.08. The summed E-state index contributed by atoms with van der Waals surface area (Å²) in [4.78, 5) is 0. The molecule has 2 aromatic carbocycles. The number of para-hydroxylation sites is 1. The van der Waals surface area contributed by atoms with Gasteiger partial charge >= 0.3 is 0 Å². The van der Waals surface area contributed by atoms with Gasteiger partial charge in [-0.2, -0.15) is 0 Å². The highest BCUT2D eigenvalue weighted by Gasteiger charge is 2.17. The number of anilines is 1. The molecule has 0 amide bonds. The Hall–Kier alpha value is -1.76. The van der Waals surface area contributed by atoms with Crippen molar-refractivity contribution >= 4 is 5.69 Å². The van der Waals surface area contributed by atoms with Gasteiger partial charge in [-0.3, -0.25) is 0 Å². The van der Waals surface area contributed by atoms with E-state index >= 15 is 0 Å². The summed E-state index contributed by atoms with van der Waals surface area (Å²) in [5.41, 5.74) is 5.58. The lowest BCUT2D eigenvalue weighted by atomic mass is 9.86. The number of hydrogen-bond acceptors (Lipinski definition) is 1. The molecule has 0 aliphatic rings. The maximum Gasteiger partial charge on any atom is 0.0403 e. The van der Waals surface area contributed by atoms with Crippen LogP contribution in [0.3, 0.4) is 0 Å². The lowest BCUT2D eigenvalue weighted by molar-refractivity contribution is 0.591. The van der Waals surface area contributed by atoms with Gasteiger partial charge in [0.25, 0.3) is 0 Å². The Labute approximate surface area is 123 Å². The van der Waals surface area contributed by atoms with Crippen molar-refractivity contribution in [2.45, 2.75) is 46.1 Å². The van der Waals surface area contributed by atoms with Crippen LogP contribution < -0.4 is 5.32 Å². The average Bonchev–Trinajstić information content (AvgIpc) is 2.44. The summed E-state index contributed by atoms with van der Waals surface area (Å²) in [6.45, 7) is 9.87. The maximum atomic E-state index is 3.61. The molecule has 0 aromatic heterocycles. The minimum atomic E-state index is 0.161. The lowest BCUT2D eigenvalue weighted by Gasteiger charge is -2.23. The molecule has 2 aromatic rings. The molecule has 0 bridgehead atoms. The molecule has 1 heteroatoms. The van der Waals surface area contributed by atoms with Crippen molar-refractivity contribution in [2.24, 2.45) is 0 Å². The number of nitrogens with one attached hydrogen (secondary N) is 1. The number of hydrogen-bond donors (Lipinski definition) is 1. The van der Waals surface area contributed by atoms with Crippen molar-refractivity contribution in [2.75, 3.05) is 5.32 Å². The number of benzene rings is 2. The fraction of sp³-hybridized carbons (Fsp3) is 0.368. The van der Waals surface area contributed by atoms with Gasteiger partial charge in [0.2, 0.25) is 0 Å².